The number of sulfonamides is 1. The van der Waals surface area contributed by atoms with Gasteiger partial charge in [-0.3, -0.25) is 9.52 Å². The fourth-order valence-electron chi connectivity index (χ4n) is 2.43. The Kier molecular flexibility index (Phi) is 5.41. The van der Waals surface area contributed by atoms with Gasteiger partial charge in [0.1, 0.15) is 11.6 Å². The second kappa shape index (κ2) is 7.77. The Morgan fingerprint density at radius 2 is 1.64 bits per heavy atom. The van der Waals surface area contributed by atoms with Crippen LogP contribution in [0.4, 0.5) is 20.2 Å². The van der Waals surface area contributed by atoms with Crippen molar-refractivity contribution in [3.8, 4) is 0 Å². The maximum absolute atomic E-state index is 13.7. The average molecular weight is 402 g/mol. The van der Waals surface area contributed by atoms with Gasteiger partial charge < -0.3 is 5.32 Å². The minimum absolute atomic E-state index is 0.0531. The van der Waals surface area contributed by atoms with Crippen LogP contribution >= 0.6 is 0 Å². The predicted octanol–water partition coefficient (Wildman–Crippen LogP) is 4.33. The number of aryl methyl sites for hydroxylation is 1. The van der Waals surface area contributed by atoms with E-state index in [4.69, 9.17) is 0 Å². The third-order valence-corrected chi connectivity index (χ3v) is 5.32. The molecule has 0 fully saturated rings. The molecule has 0 unspecified atom stereocenters. The highest BCUT2D eigenvalue weighted by atomic mass is 32.2. The number of nitrogens with one attached hydrogen (secondary N) is 2. The molecule has 0 aliphatic rings. The molecule has 3 rings (SSSR count). The molecule has 0 atom stereocenters. The highest BCUT2D eigenvalue weighted by Crippen LogP contribution is 2.20. The molecule has 5 nitrogen and oxygen atoms in total. The van der Waals surface area contributed by atoms with Crippen LogP contribution in [-0.4, -0.2) is 14.3 Å². The van der Waals surface area contributed by atoms with Crippen molar-refractivity contribution in [1.29, 1.82) is 0 Å². The van der Waals surface area contributed by atoms with E-state index in [2.05, 4.69) is 10.0 Å². The lowest BCUT2D eigenvalue weighted by atomic mass is 10.2. The van der Waals surface area contributed by atoms with Gasteiger partial charge in [0.2, 0.25) is 0 Å². The molecular weight excluding hydrogens is 386 g/mol. The predicted molar refractivity (Wildman–Crippen MR) is 103 cm³/mol. The maximum Gasteiger partial charge on any atom is 0.262 e. The Labute approximate surface area is 161 Å². The highest BCUT2D eigenvalue weighted by Gasteiger charge is 2.18. The molecule has 8 heteroatoms. The van der Waals surface area contributed by atoms with Crippen LogP contribution < -0.4 is 10.0 Å². The van der Waals surface area contributed by atoms with Crippen molar-refractivity contribution in [2.75, 3.05) is 10.0 Å². The molecular formula is C20H16F2N2O3S. The molecule has 3 aromatic carbocycles. The van der Waals surface area contributed by atoms with E-state index in [-0.39, 0.29) is 21.8 Å². The van der Waals surface area contributed by atoms with E-state index in [1.807, 2.05) is 0 Å². The van der Waals surface area contributed by atoms with Gasteiger partial charge >= 0.3 is 0 Å². The van der Waals surface area contributed by atoms with Crippen molar-refractivity contribution in [3.05, 3.63) is 89.5 Å². The summed E-state index contributed by atoms with van der Waals surface area (Å²) in [6.07, 6.45) is 0. The average Bonchev–Trinajstić information content (AvgIpc) is 2.66. The molecule has 3 aromatic rings. The van der Waals surface area contributed by atoms with Gasteiger partial charge in [-0.2, -0.15) is 0 Å². The number of para-hydroxylation sites is 1. The van der Waals surface area contributed by atoms with Crippen molar-refractivity contribution in [1.82, 2.24) is 0 Å². The summed E-state index contributed by atoms with van der Waals surface area (Å²) in [6, 6.07) is 14.8. The topological polar surface area (TPSA) is 75.3 Å². The first-order valence-electron chi connectivity index (χ1n) is 8.21. The van der Waals surface area contributed by atoms with Gasteiger partial charge in [-0.1, -0.05) is 24.3 Å². The lowest BCUT2D eigenvalue weighted by Gasteiger charge is -2.10. The summed E-state index contributed by atoms with van der Waals surface area (Å²) < 4.78 is 54.5. The van der Waals surface area contributed by atoms with Gasteiger partial charge in [0.05, 0.1) is 10.6 Å². The van der Waals surface area contributed by atoms with Crippen LogP contribution in [0.25, 0.3) is 0 Å². The van der Waals surface area contributed by atoms with Crippen molar-refractivity contribution in [2.24, 2.45) is 0 Å². The van der Waals surface area contributed by atoms with Crippen LogP contribution in [0.5, 0.6) is 0 Å². The quantitative estimate of drug-likeness (QED) is 0.667. The molecule has 0 saturated heterocycles. The Morgan fingerprint density at radius 3 is 2.36 bits per heavy atom. The lowest BCUT2D eigenvalue weighted by Crippen LogP contribution is -2.16. The molecule has 0 spiro atoms. The van der Waals surface area contributed by atoms with Gasteiger partial charge in [-0.25, -0.2) is 17.2 Å². The number of carbonyl (C=O) groups excluding carboxylic acids is 1. The molecule has 0 bridgehead atoms. The summed E-state index contributed by atoms with van der Waals surface area (Å²) in [5, 5.41) is 2.51. The van der Waals surface area contributed by atoms with Crippen molar-refractivity contribution < 1.29 is 22.0 Å². The molecule has 0 saturated carbocycles. The Morgan fingerprint density at radius 1 is 0.893 bits per heavy atom. The Hall–Kier alpha value is -3.26. The van der Waals surface area contributed by atoms with Gasteiger partial charge in [-0.15, -0.1) is 0 Å². The van der Waals surface area contributed by atoms with Crippen molar-refractivity contribution >= 4 is 27.3 Å². The SMILES string of the molecule is Cc1ccc(NC(=O)c2cccc(S(=O)(=O)Nc3ccccc3F)c2)cc1F. The van der Waals surface area contributed by atoms with E-state index < -0.39 is 27.6 Å². The lowest BCUT2D eigenvalue weighted by molar-refractivity contribution is 0.102. The molecule has 0 heterocycles. The normalized spacial score (nSPS) is 11.1. The van der Waals surface area contributed by atoms with Crippen molar-refractivity contribution in [2.45, 2.75) is 11.8 Å². The zero-order chi connectivity index (χ0) is 20.3. The monoisotopic (exact) mass is 402 g/mol. The van der Waals surface area contributed by atoms with Gasteiger partial charge in [0.25, 0.3) is 15.9 Å². The summed E-state index contributed by atoms with van der Waals surface area (Å²) in [4.78, 5) is 12.2. The maximum atomic E-state index is 13.7. The fourth-order valence-corrected chi connectivity index (χ4v) is 3.54. The second-order valence-corrected chi connectivity index (χ2v) is 7.71. The molecule has 0 radical (unpaired) electrons. The molecule has 1 amide bonds. The number of halogens is 2. The highest BCUT2D eigenvalue weighted by molar-refractivity contribution is 7.92. The van der Waals surface area contributed by atoms with Crippen molar-refractivity contribution in [3.63, 3.8) is 0 Å². The molecule has 2 N–H and O–H groups in total. The van der Waals surface area contributed by atoms with Crippen LogP contribution in [0, 0.1) is 18.6 Å². The van der Waals surface area contributed by atoms with Crippen LogP contribution in [-0.2, 0) is 10.0 Å². The van der Waals surface area contributed by atoms with Crippen LogP contribution in [0.15, 0.2) is 71.6 Å². The molecule has 28 heavy (non-hydrogen) atoms. The third kappa shape index (κ3) is 4.34. The van der Waals surface area contributed by atoms with E-state index >= 15 is 0 Å². The standard InChI is InChI=1S/C20H16F2N2O3S/c1-13-9-10-15(12-18(13)22)23-20(25)14-5-4-6-16(11-14)28(26,27)24-19-8-3-2-7-17(19)21/h2-12,24H,1H3,(H,23,25). The molecule has 144 valence electrons. The summed E-state index contributed by atoms with van der Waals surface area (Å²) >= 11 is 0. The second-order valence-electron chi connectivity index (χ2n) is 6.03. The van der Waals surface area contributed by atoms with E-state index in [1.165, 1.54) is 54.6 Å². The van der Waals surface area contributed by atoms with E-state index in [1.54, 1.807) is 6.92 Å². The number of hydrogen-bond donors (Lipinski definition) is 2. The number of benzene rings is 3. The minimum atomic E-state index is -4.11. The van der Waals surface area contributed by atoms with Gasteiger partial charge in [-0.05, 0) is 55.0 Å². The summed E-state index contributed by atoms with van der Waals surface area (Å²) in [6.45, 7) is 1.60. The first-order chi connectivity index (χ1) is 13.3. The number of rotatable bonds is 5. The Bertz CT molecular complexity index is 1150. The zero-order valence-electron chi connectivity index (χ0n) is 14.7. The zero-order valence-corrected chi connectivity index (χ0v) is 15.6. The molecule has 0 aliphatic carbocycles. The summed E-state index contributed by atoms with van der Waals surface area (Å²) in [7, 11) is -4.11. The van der Waals surface area contributed by atoms with Gasteiger partial charge in [0, 0.05) is 11.3 Å². The first-order valence-corrected chi connectivity index (χ1v) is 9.69. The Balaban J connectivity index is 1.83. The number of anilines is 2. The number of hydrogen-bond acceptors (Lipinski definition) is 3. The largest absolute Gasteiger partial charge is 0.322 e. The molecule has 0 aromatic heterocycles. The van der Waals surface area contributed by atoms with Crippen LogP contribution in [0.2, 0.25) is 0 Å². The number of amides is 1. The number of carbonyl (C=O) groups is 1. The van der Waals surface area contributed by atoms with E-state index in [0.717, 1.165) is 12.1 Å². The van der Waals surface area contributed by atoms with Crippen LogP contribution in [0.3, 0.4) is 0 Å². The van der Waals surface area contributed by atoms with Crippen LogP contribution in [0.1, 0.15) is 15.9 Å². The van der Waals surface area contributed by atoms with E-state index in [0.29, 0.717) is 5.56 Å². The third-order valence-electron chi connectivity index (χ3n) is 3.95. The smallest absolute Gasteiger partial charge is 0.262 e. The summed E-state index contributed by atoms with van der Waals surface area (Å²) in [5.41, 5.74) is 0.529. The van der Waals surface area contributed by atoms with E-state index in [9.17, 15) is 22.0 Å². The fraction of sp³-hybridized carbons (Fsp3) is 0.0500. The first kappa shape index (κ1) is 19.5. The summed E-state index contributed by atoms with van der Waals surface area (Å²) in [5.74, 6) is -1.80. The molecule has 0 aliphatic heterocycles. The van der Waals surface area contributed by atoms with Gasteiger partial charge in [0.15, 0.2) is 0 Å². The minimum Gasteiger partial charge on any atom is -0.322 e.